The number of hydrogen-bond donors (Lipinski definition) is 2. The van der Waals surface area contributed by atoms with Crippen LogP contribution in [0.1, 0.15) is 17.5 Å². The Morgan fingerprint density at radius 3 is 3.00 bits per heavy atom. The summed E-state index contributed by atoms with van der Waals surface area (Å²) >= 11 is 0. The van der Waals surface area contributed by atoms with Crippen LogP contribution in [0.2, 0.25) is 0 Å². The van der Waals surface area contributed by atoms with E-state index in [4.69, 9.17) is 9.84 Å². The zero-order chi connectivity index (χ0) is 15.2. The fraction of sp³-hybridized carbons (Fsp3) is 0.250. The lowest BCUT2D eigenvalue weighted by molar-refractivity contribution is -0.141. The Morgan fingerprint density at radius 2 is 2.29 bits per heavy atom. The number of benzene rings is 1. The van der Waals surface area contributed by atoms with Crippen LogP contribution in [0.3, 0.4) is 0 Å². The summed E-state index contributed by atoms with van der Waals surface area (Å²) in [6.07, 6.45) is 5.50. The molecular formula is C16H17NO4. The number of carbonyl (C=O) groups excluding carboxylic acids is 1. The van der Waals surface area contributed by atoms with E-state index < -0.39 is 17.9 Å². The van der Waals surface area contributed by atoms with Crippen LogP contribution in [0.25, 0.3) is 6.08 Å². The van der Waals surface area contributed by atoms with Crippen molar-refractivity contribution in [2.24, 2.45) is 0 Å². The standard InChI is InChI=1S/C16H17NO4/c1-2-3-13(16(19)20)17-15(18)7-5-11-4-6-14-12(10-11)8-9-21-14/h2,4-7,10,13H,1,3,8-9H2,(H,17,18)(H,19,20)/b7-5+. The lowest BCUT2D eigenvalue weighted by Crippen LogP contribution is -2.39. The molecule has 1 amide bonds. The minimum atomic E-state index is -1.08. The Hall–Kier alpha value is -2.56. The van der Waals surface area contributed by atoms with Gasteiger partial charge in [0.25, 0.3) is 0 Å². The summed E-state index contributed by atoms with van der Waals surface area (Å²) < 4.78 is 5.41. The first-order valence-corrected chi connectivity index (χ1v) is 6.68. The van der Waals surface area contributed by atoms with Gasteiger partial charge in [0.1, 0.15) is 11.8 Å². The summed E-state index contributed by atoms with van der Waals surface area (Å²) in [6.45, 7) is 4.16. The molecule has 0 fully saturated rings. The van der Waals surface area contributed by atoms with Gasteiger partial charge in [0.05, 0.1) is 6.61 Å². The molecule has 0 aliphatic carbocycles. The number of carboxylic acid groups (broad SMARTS) is 1. The van der Waals surface area contributed by atoms with Gasteiger partial charge in [-0.05, 0) is 35.8 Å². The number of fused-ring (bicyclic) bond motifs is 1. The Bertz CT molecular complexity index is 592. The van der Waals surface area contributed by atoms with Crippen molar-refractivity contribution in [2.75, 3.05) is 6.61 Å². The quantitative estimate of drug-likeness (QED) is 0.617. The van der Waals surface area contributed by atoms with Crippen LogP contribution in [-0.2, 0) is 16.0 Å². The van der Waals surface area contributed by atoms with Crippen molar-refractivity contribution in [3.63, 3.8) is 0 Å². The van der Waals surface area contributed by atoms with Gasteiger partial charge in [-0.1, -0.05) is 12.1 Å². The van der Waals surface area contributed by atoms with Crippen molar-refractivity contribution in [1.29, 1.82) is 0 Å². The smallest absolute Gasteiger partial charge is 0.326 e. The number of aliphatic carboxylic acids is 1. The van der Waals surface area contributed by atoms with Crippen molar-refractivity contribution in [1.82, 2.24) is 5.32 Å². The molecule has 1 heterocycles. The third-order valence-corrected chi connectivity index (χ3v) is 3.16. The SMILES string of the molecule is C=CCC(NC(=O)/C=C/c1ccc2c(c1)CCO2)C(=O)O. The molecule has 2 N–H and O–H groups in total. The summed E-state index contributed by atoms with van der Waals surface area (Å²) in [5.41, 5.74) is 2.00. The van der Waals surface area contributed by atoms with Crippen LogP contribution < -0.4 is 10.1 Å². The lowest BCUT2D eigenvalue weighted by atomic mass is 10.1. The normalized spacial score (nSPS) is 14.3. The van der Waals surface area contributed by atoms with Gasteiger partial charge in [-0.25, -0.2) is 4.79 Å². The zero-order valence-corrected chi connectivity index (χ0v) is 11.5. The lowest BCUT2D eigenvalue weighted by Gasteiger charge is -2.10. The first-order chi connectivity index (χ1) is 10.1. The number of ether oxygens (including phenoxy) is 1. The molecule has 0 saturated heterocycles. The van der Waals surface area contributed by atoms with Gasteiger partial charge in [0.15, 0.2) is 0 Å². The Kier molecular flexibility index (Phi) is 4.77. The van der Waals surface area contributed by atoms with Gasteiger partial charge in [-0.3, -0.25) is 4.79 Å². The third kappa shape index (κ3) is 3.95. The van der Waals surface area contributed by atoms with Crippen LogP contribution in [0.15, 0.2) is 36.9 Å². The van der Waals surface area contributed by atoms with Crippen LogP contribution in [0.5, 0.6) is 5.75 Å². The predicted octanol–water partition coefficient (Wildman–Crippen LogP) is 1.78. The van der Waals surface area contributed by atoms with E-state index in [-0.39, 0.29) is 6.42 Å². The van der Waals surface area contributed by atoms with Gasteiger partial charge in [-0.15, -0.1) is 6.58 Å². The molecule has 0 bridgehead atoms. The van der Waals surface area contributed by atoms with E-state index in [9.17, 15) is 9.59 Å². The Balaban J connectivity index is 1.98. The van der Waals surface area contributed by atoms with Crippen LogP contribution in [0, 0.1) is 0 Å². The maximum atomic E-state index is 11.7. The molecule has 1 aromatic rings. The monoisotopic (exact) mass is 287 g/mol. The van der Waals surface area contributed by atoms with E-state index in [1.807, 2.05) is 18.2 Å². The minimum absolute atomic E-state index is 0.186. The van der Waals surface area contributed by atoms with E-state index in [1.54, 1.807) is 6.08 Å². The first-order valence-electron chi connectivity index (χ1n) is 6.68. The van der Waals surface area contributed by atoms with E-state index in [2.05, 4.69) is 11.9 Å². The van der Waals surface area contributed by atoms with Crippen molar-refractivity contribution in [3.05, 3.63) is 48.1 Å². The zero-order valence-electron chi connectivity index (χ0n) is 11.5. The van der Waals surface area contributed by atoms with Gasteiger partial charge in [0, 0.05) is 12.5 Å². The Labute approximate surface area is 122 Å². The number of carbonyl (C=O) groups is 2. The van der Waals surface area contributed by atoms with Crippen LogP contribution in [-0.4, -0.2) is 29.6 Å². The second-order valence-electron chi connectivity index (χ2n) is 4.72. The summed E-state index contributed by atoms with van der Waals surface area (Å²) in [4.78, 5) is 22.6. The topological polar surface area (TPSA) is 75.6 Å². The molecule has 0 spiro atoms. The first kappa shape index (κ1) is 14.8. The maximum Gasteiger partial charge on any atom is 0.326 e. The molecule has 21 heavy (non-hydrogen) atoms. The summed E-state index contributed by atoms with van der Waals surface area (Å²) in [7, 11) is 0. The molecule has 5 nitrogen and oxygen atoms in total. The van der Waals surface area contributed by atoms with Crippen LogP contribution >= 0.6 is 0 Å². The fourth-order valence-corrected chi connectivity index (χ4v) is 2.09. The molecule has 1 aliphatic heterocycles. The fourth-order valence-electron chi connectivity index (χ4n) is 2.09. The molecule has 1 aromatic carbocycles. The second kappa shape index (κ2) is 6.74. The highest BCUT2D eigenvalue weighted by molar-refractivity contribution is 5.94. The molecule has 1 atom stereocenters. The molecule has 110 valence electrons. The number of carboxylic acids is 1. The molecule has 1 unspecified atom stereocenters. The van der Waals surface area contributed by atoms with Gasteiger partial charge in [-0.2, -0.15) is 0 Å². The predicted molar refractivity (Wildman–Crippen MR) is 79.1 cm³/mol. The highest BCUT2D eigenvalue weighted by atomic mass is 16.5. The Morgan fingerprint density at radius 1 is 1.48 bits per heavy atom. The number of hydrogen-bond acceptors (Lipinski definition) is 3. The molecule has 2 rings (SSSR count). The van der Waals surface area contributed by atoms with Gasteiger partial charge < -0.3 is 15.2 Å². The van der Waals surface area contributed by atoms with Crippen molar-refractivity contribution < 1.29 is 19.4 Å². The highest BCUT2D eigenvalue weighted by Gasteiger charge is 2.16. The van der Waals surface area contributed by atoms with Gasteiger partial charge in [0.2, 0.25) is 5.91 Å². The molecule has 0 saturated carbocycles. The van der Waals surface area contributed by atoms with Crippen LogP contribution in [0.4, 0.5) is 0 Å². The molecule has 5 heteroatoms. The van der Waals surface area contributed by atoms with Crippen molar-refractivity contribution >= 4 is 18.0 Å². The number of rotatable bonds is 6. The minimum Gasteiger partial charge on any atom is -0.493 e. The summed E-state index contributed by atoms with van der Waals surface area (Å²) in [5, 5.41) is 11.4. The van der Waals surface area contributed by atoms with E-state index in [0.717, 1.165) is 23.3 Å². The average Bonchev–Trinajstić information content (AvgIpc) is 2.92. The van der Waals surface area contributed by atoms with E-state index >= 15 is 0 Å². The maximum absolute atomic E-state index is 11.7. The van der Waals surface area contributed by atoms with Gasteiger partial charge >= 0.3 is 5.97 Å². The number of nitrogens with one attached hydrogen (secondary N) is 1. The van der Waals surface area contributed by atoms with E-state index in [1.165, 1.54) is 12.2 Å². The number of amides is 1. The van der Waals surface area contributed by atoms with E-state index in [0.29, 0.717) is 6.61 Å². The average molecular weight is 287 g/mol. The third-order valence-electron chi connectivity index (χ3n) is 3.16. The molecule has 1 aliphatic rings. The molecule has 0 aromatic heterocycles. The molecular weight excluding hydrogens is 270 g/mol. The van der Waals surface area contributed by atoms with Crippen molar-refractivity contribution in [3.8, 4) is 5.75 Å². The molecule has 0 radical (unpaired) electrons. The largest absolute Gasteiger partial charge is 0.493 e. The highest BCUT2D eigenvalue weighted by Crippen LogP contribution is 2.26. The van der Waals surface area contributed by atoms with Crippen molar-refractivity contribution in [2.45, 2.75) is 18.9 Å². The summed E-state index contributed by atoms with van der Waals surface area (Å²) in [6, 6.07) is 4.74. The second-order valence-corrected chi connectivity index (χ2v) is 4.72. The summed E-state index contributed by atoms with van der Waals surface area (Å²) in [5.74, 6) is -0.638.